The van der Waals surface area contributed by atoms with Crippen LogP contribution in [0.1, 0.15) is 41.5 Å². The third-order valence-electron chi connectivity index (χ3n) is 2.17. The van der Waals surface area contributed by atoms with E-state index in [-0.39, 0.29) is 6.54 Å². The molecule has 4 N–H and O–H groups in total. The van der Waals surface area contributed by atoms with Crippen molar-refractivity contribution in [2.75, 3.05) is 6.54 Å². The van der Waals surface area contributed by atoms with Crippen LogP contribution in [-0.4, -0.2) is 40.6 Å². The fourth-order valence-electron chi connectivity index (χ4n) is 1.23. The first-order valence-corrected chi connectivity index (χ1v) is 5.90. The molecule has 0 fully saturated rings. The van der Waals surface area contributed by atoms with E-state index in [1.165, 1.54) is 4.90 Å². The quantitative estimate of drug-likeness (QED) is 0.784. The lowest BCUT2D eigenvalue weighted by molar-refractivity contribution is -0.119. The van der Waals surface area contributed by atoms with Crippen molar-refractivity contribution in [1.82, 2.24) is 4.90 Å². The molecule has 0 aliphatic carbocycles. The SMILES string of the molecule is CC(C)(C)OC(=O)N(CC(N)C(N)=O)C(C)(C)C. The fourth-order valence-corrected chi connectivity index (χ4v) is 1.23. The molecular formula is C12H25N3O3. The maximum atomic E-state index is 12.1. The van der Waals surface area contributed by atoms with Crippen molar-refractivity contribution in [3.63, 3.8) is 0 Å². The van der Waals surface area contributed by atoms with Crippen LogP contribution in [-0.2, 0) is 9.53 Å². The van der Waals surface area contributed by atoms with Crippen LogP contribution >= 0.6 is 0 Å². The highest BCUT2D eigenvalue weighted by Crippen LogP contribution is 2.18. The number of hydrogen-bond acceptors (Lipinski definition) is 4. The second kappa shape index (κ2) is 5.56. The number of nitrogens with zero attached hydrogens (tertiary/aromatic N) is 1. The van der Waals surface area contributed by atoms with Crippen molar-refractivity contribution < 1.29 is 14.3 Å². The number of rotatable bonds is 3. The van der Waals surface area contributed by atoms with Crippen LogP contribution in [0.5, 0.6) is 0 Å². The predicted molar refractivity (Wildman–Crippen MR) is 69.9 cm³/mol. The fraction of sp³-hybridized carbons (Fsp3) is 0.833. The molecule has 6 nitrogen and oxygen atoms in total. The Morgan fingerprint density at radius 3 is 1.89 bits per heavy atom. The summed E-state index contributed by atoms with van der Waals surface area (Å²) in [5.41, 5.74) is 9.60. The maximum Gasteiger partial charge on any atom is 0.410 e. The van der Waals surface area contributed by atoms with Crippen LogP contribution in [0.25, 0.3) is 0 Å². The maximum absolute atomic E-state index is 12.1. The summed E-state index contributed by atoms with van der Waals surface area (Å²) in [6, 6.07) is -0.906. The molecule has 0 saturated carbocycles. The van der Waals surface area contributed by atoms with Crippen molar-refractivity contribution in [3.8, 4) is 0 Å². The van der Waals surface area contributed by atoms with E-state index in [2.05, 4.69) is 0 Å². The molecule has 0 heterocycles. The lowest BCUT2D eigenvalue weighted by Gasteiger charge is -2.37. The Balaban J connectivity index is 4.92. The van der Waals surface area contributed by atoms with Crippen LogP contribution in [0.15, 0.2) is 0 Å². The molecule has 0 aromatic rings. The van der Waals surface area contributed by atoms with Crippen LogP contribution in [0, 0.1) is 0 Å². The summed E-state index contributed by atoms with van der Waals surface area (Å²) in [5, 5.41) is 0. The largest absolute Gasteiger partial charge is 0.444 e. The number of amides is 2. The van der Waals surface area contributed by atoms with Crippen molar-refractivity contribution in [1.29, 1.82) is 0 Å². The Kier molecular flexibility index (Phi) is 5.16. The monoisotopic (exact) mass is 259 g/mol. The zero-order valence-electron chi connectivity index (χ0n) is 12.1. The summed E-state index contributed by atoms with van der Waals surface area (Å²) in [6.45, 7) is 10.9. The molecule has 0 saturated heterocycles. The Bertz CT molecular complexity index is 316. The Hall–Kier alpha value is -1.30. The van der Waals surface area contributed by atoms with E-state index in [1.807, 2.05) is 20.8 Å². The number of ether oxygens (including phenoxy) is 1. The lowest BCUT2D eigenvalue weighted by atomic mass is 10.1. The molecule has 0 aliphatic heterocycles. The first kappa shape index (κ1) is 16.7. The molecule has 6 heteroatoms. The van der Waals surface area contributed by atoms with E-state index in [0.717, 1.165) is 0 Å². The van der Waals surface area contributed by atoms with E-state index in [9.17, 15) is 9.59 Å². The van der Waals surface area contributed by atoms with Gasteiger partial charge in [0.1, 0.15) is 11.6 Å². The van der Waals surface area contributed by atoms with E-state index >= 15 is 0 Å². The first-order chi connectivity index (χ1) is 7.84. The highest BCUT2D eigenvalue weighted by atomic mass is 16.6. The molecule has 0 spiro atoms. The van der Waals surface area contributed by atoms with Gasteiger partial charge >= 0.3 is 6.09 Å². The van der Waals surface area contributed by atoms with Gasteiger partial charge in [-0.1, -0.05) is 0 Å². The van der Waals surface area contributed by atoms with Crippen molar-refractivity contribution in [2.45, 2.75) is 58.7 Å². The Morgan fingerprint density at radius 2 is 1.61 bits per heavy atom. The molecule has 1 atom stereocenters. The van der Waals surface area contributed by atoms with E-state index in [0.29, 0.717) is 0 Å². The molecule has 0 aliphatic rings. The summed E-state index contributed by atoms with van der Waals surface area (Å²) in [6.07, 6.45) is -0.508. The van der Waals surface area contributed by atoms with Gasteiger partial charge in [0.2, 0.25) is 5.91 Å². The van der Waals surface area contributed by atoms with E-state index in [4.69, 9.17) is 16.2 Å². The van der Waals surface area contributed by atoms with E-state index in [1.54, 1.807) is 20.8 Å². The zero-order chi connectivity index (χ0) is 14.7. The summed E-state index contributed by atoms with van der Waals surface area (Å²) in [4.78, 5) is 24.5. The number of nitrogens with two attached hydrogens (primary N) is 2. The molecule has 0 aromatic carbocycles. The summed E-state index contributed by atoms with van der Waals surface area (Å²) < 4.78 is 5.29. The second-order valence-electron chi connectivity index (χ2n) is 6.27. The van der Waals surface area contributed by atoms with Crippen molar-refractivity contribution in [2.24, 2.45) is 11.5 Å². The van der Waals surface area contributed by atoms with Crippen LogP contribution in [0.4, 0.5) is 4.79 Å². The van der Waals surface area contributed by atoms with E-state index < -0.39 is 29.2 Å². The normalized spacial score (nSPS) is 13.9. The number of carbonyl (C=O) groups is 2. The topological polar surface area (TPSA) is 98.7 Å². The third-order valence-corrected chi connectivity index (χ3v) is 2.17. The van der Waals surface area contributed by atoms with Gasteiger partial charge in [-0.15, -0.1) is 0 Å². The standard InChI is InChI=1S/C12H25N3O3/c1-11(2,3)15(7-8(13)9(14)16)10(17)18-12(4,5)6/h8H,7,13H2,1-6H3,(H2,14,16). The van der Waals surface area contributed by atoms with Crippen molar-refractivity contribution >= 4 is 12.0 Å². The Labute approximate surface area is 109 Å². The predicted octanol–water partition coefficient (Wildman–Crippen LogP) is 0.835. The lowest BCUT2D eigenvalue weighted by Crippen LogP contribution is -2.55. The molecular weight excluding hydrogens is 234 g/mol. The average Bonchev–Trinajstić information content (AvgIpc) is 2.08. The molecule has 0 rings (SSSR count). The van der Waals surface area contributed by atoms with Gasteiger partial charge in [-0.25, -0.2) is 4.79 Å². The van der Waals surface area contributed by atoms with Gasteiger partial charge in [0.05, 0.1) is 0 Å². The van der Waals surface area contributed by atoms with Crippen LogP contribution in [0.2, 0.25) is 0 Å². The smallest absolute Gasteiger partial charge is 0.410 e. The summed E-state index contributed by atoms with van der Waals surface area (Å²) >= 11 is 0. The zero-order valence-corrected chi connectivity index (χ0v) is 12.1. The first-order valence-electron chi connectivity index (χ1n) is 5.90. The number of carbonyl (C=O) groups excluding carboxylic acids is 2. The Morgan fingerprint density at radius 1 is 1.17 bits per heavy atom. The van der Waals surface area contributed by atoms with Crippen molar-refractivity contribution in [3.05, 3.63) is 0 Å². The van der Waals surface area contributed by atoms with Gasteiger partial charge in [0.15, 0.2) is 0 Å². The van der Waals surface area contributed by atoms with Gasteiger partial charge in [0.25, 0.3) is 0 Å². The number of hydrogen-bond donors (Lipinski definition) is 2. The molecule has 0 bridgehead atoms. The number of primary amides is 1. The molecule has 0 radical (unpaired) electrons. The highest BCUT2D eigenvalue weighted by Gasteiger charge is 2.32. The molecule has 18 heavy (non-hydrogen) atoms. The summed E-state index contributed by atoms with van der Waals surface area (Å²) in [7, 11) is 0. The van der Waals surface area contributed by atoms with Gasteiger partial charge in [-0.2, -0.15) is 0 Å². The van der Waals surface area contributed by atoms with Crippen LogP contribution < -0.4 is 11.5 Å². The van der Waals surface area contributed by atoms with Gasteiger partial charge < -0.3 is 21.1 Å². The van der Waals surface area contributed by atoms with Crippen LogP contribution in [0.3, 0.4) is 0 Å². The summed E-state index contributed by atoms with van der Waals surface area (Å²) in [5.74, 6) is -0.646. The molecule has 0 aromatic heterocycles. The molecule has 1 unspecified atom stereocenters. The minimum Gasteiger partial charge on any atom is -0.444 e. The van der Waals surface area contributed by atoms with Gasteiger partial charge in [-0.3, -0.25) is 4.79 Å². The minimum absolute atomic E-state index is 0.0355. The molecule has 2 amide bonds. The highest BCUT2D eigenvalue weighted by molar-refractivity contribution is 5.80. The average molecular weight is 259 g/mol. The second-order valence-corrected chi connectivity index (χ2v) is 6.27. The molecule has 106 valence electrons. The van der Waals surface area contributed by atoms with Gasteiger partial charge in [-0.05, 0) is 41.5 Å². The third kappa shape index (κ3) is 5.86. The minimum atomic E-state index is -0.906. The van der Waals surface area contributed by atoms with Gasteiger partial charge in [0, 0.05) is 12.1 Å².